The Kier molecular flexibility index (Phi) is 8.76. The summed E-state index contributed by atoms with van der Waals surface area (Å²) < 4.78 is 43.1. The average molecular weight is 585 g/mol. The molecule has 3 aromatic rings. The van der Waals surface area contributed by atoms with Crippen molar-refractivity contribution >= 4 is 23.4 Å². The number of amides is 1. The number of benzene rings is 2. The van der Waals surface area contributed by atoms with Crippen LogP contribution in [0.1, 0.15) is 22.8 Å². The predicted octanol–water partition coefficient (Wildman–Crippen LogP) is 3.23. The highest BCUT2D eigenvalue weighted by atomic mass is 19.1. The zero-order chi connectivity index (χ0) is 30.7. The minimum Gasteiger partial charge on any atom is -0.504 e. The van der Waals surface area contributed by atoms with E-state index in [-0.39, 0.29) is 60.5 Å². The van der Waals surface area contributed by atoms with Crippen LogP contribution >= 0.6 is 0 Å². The van der Waals surface area contributed by atoms with Crippen LogP contribution in [0, 0.1) is 17.0 Å². The van der Waals surface area contributed by atoms with Crippen molar-refractivity contribution in [3.8, 4) is 29.0 Å². The lowest BCUT2D eigenvalue weighted by molar-refractivity contribution is -0.142. The number of piperazine rings is 1. The van der Waals surface area contributed by atoms with Gasteiger partial charge in [0.1, 0.15) is 23.3 Å². The molecule has 0 aliphatic carbocycles. The number of hydrogen-bond donors (Lipinski definition) is 4. The predicted molar refractivity (Wildman–Crippen MR) is 149 cm³/mol. The fourth-order valence-corrected chi connectivity index (χ4v) is 4.32. The number of phenols is 1. The summed E-state index contributed by atoms with van der Waals surface area (Å²) in [6.07, 6.45) is 0. The second-order valence-electron chi connectivity index (χ2n) is 9.76. The molecule has 4 rings (SSSR count). The highest BCUT2D eigenvalue weighted by Gasteiger charge is 2.32. The van der Waals surface area contributed by atoms with Crippen LogP contribution < -0.4 is 20.1 Å². The number of hydrogen-bond acceptors (Lipinski definition) is 9. The number of anilines is 1. The van der Waals surface area contributed by atoms with E-state index in [4.69, 9.17) is 20.6 Å². The maximum Gasteiger partial charge on any atom is 0.320 e. The maximum atomic E-state index is 15.9. The van der Waals surface area contributed by atoms with Gasteiger partial charge in [-0.1, -0.05) is 6.07 Å². The standard InChI is InChI=1S/C28H30F2N6O6/c1-15(28(39)40)35-9-11-36(12-10-35)23-21(29)25(41-18-6-4-5-17(13-18)27(38)34(2)3)33-26(22(23)30)42-20-14-16(24(31)32)7-8-19(20)37/h4-8,13-15,37H,9-12H2,1-3H3,(H3,31,32)(H,39,40). The molecule has 2 heterocycles. The number of halogens is 2. The van der Waals surface area contributed by atoms with E-state index in [1.807, 2.05) is 0 Å². The van der Waals surface area contributed by atoms with Gasteiger partial charge in [-0.25, -0.2) is 0 Å². The Bertz CT molecular complexity index is 1530. The molecule has 5 N–H and O–H groups in total. The minimum atomic E-state index is -1.19. The first-order chi connectivity index (χ1) is 19.9. The van der Waals surface area contributed by atoms with Crippen LogP contribution in [0.5, 0.6) is 29.0 Å². The van der Waals surface area contributed by atoms with E-state index in [0.717, 1.165) is 0 Å². The summed E-state index contributed by atoms with van der Waals surface area (Å²) in [7, 11) is 3.14. The van der Waals surface area contributed by atoms with Gasteiger partial charge in [0.25, 0.3) is 17.7 Å². The molecule has 2 aromatic carbocycles. The number of rotatable bonds is 9. The number of phenolic OH excluding ortho intramolecular Hbond substituents is 1. The highest BCUT2D eigenvalue weighted by Crippen LogP contribution is 2.40. The molecular weight excluding hydrogens is 554 g/mol. The van der Waals surface area contributed by atoms with Crippen LogP contribution in [0.4, 0.5) is 14.5 Å². The van der Waals surface area contributed by atoms with E-state index in [0.29, 0.717) is 0 Å². The summed E-state index contributed by atoms with van der Waals surface area (Å²) >= 11 is 0. The van der Waals surface area contributed by atoms with Gasteiger partial charge >= 0.3 is 5.97 Å². The number of carbonyl (C=O) groups is 2. The van der Waals surface area contributed by atoms with E-state index in [1.165, 1.54) is 53.1 Å². The van der Waals surface area contributed by atoms with Gasteiger partial charge in [0, 0.05) is 51.4 Å². The van der Waals surface area contributed by atoms with Crippen LogP contribution in [-0.2, 0) is 4.79 Å². The average Bonchev–Trinajstić information content (AvgIpc) is 2.96. The number of nitrogens with one attached hydrogen (secondary N) is 1. The van der Waals surface area contributed by atoms with Gasteiger partial charge in [0.05, 0.1) is 0 Å². The molecule has 1 saturated heterocycles. The normalized spacial score (nSPS) is 14.3. The van der Waals surface area contributed by atoms with Crippen LogP contribution in [0.15, 0.2) is 42.5 Å². The monoisotopic (exact) mass is 584 g/mol. The topological polar surface area (TPSA) is 166 Å². The first-order valence-corrected chi connectivity index (χ1v) is 12.8. The molecule has 1 aliphatic heterocycles. The maximum absolute atomic E-state index is 15.9. The molecule has 1 atom stereocenters. The molecular formula is C28H30F2N6O6. The minimum absolute atomic E-state index is 0.0409. The molecule has 0 saturated carbocycles. The summed E-state index contributed by atoms with van der Waals surface area (Å²) in [6.45, 7) is 2.09. The number of ether oxygens (including phenoxy) is 2. The smallest absolute Gasteiger partial charge is 0.320 e. The zero-order valence-electron chi connectivity index (χ0n) is 23.1. The Labute approximate surface area is 240 Å². The Morgan fingerprint density at radius 1 is 1.02 bits per heavy atom. The largest absolute Gasteiger partial charge is 0.504 e. The number of nitrogens with zero attached hydrogens (tertiary/aromatic N) is 4. The fraction of sp³-hybridized carbons (Fsp3) is 0.286. The summed E-state index contributed by atoms with van der Waals surface area (Å²) in [5.41, 5.74) is 5.43. The molecule has 42 heavy (non-hydrogen) atoms. The van der Waals surface area contributed by atoms with Gasteiger partial charge in [-0.15, -0.1) is 0 Å². The van der Waals surface area contributed by atoms with Gasteiger partial charge in [0.2, 0.25) is 11.6 Å². The lowest BCUT2D eigenvalue weighted by Gasteiger charge is -2.38. The zero-order valence-corrected chi connectivity index (χ0v) is 23.1. The number of carboxylic acid groups (broad SMARTS) is 1. The highest BCUT2D eigenvalue weighted by molar-refractivity contribution is 5.95. The Morgan fingerprint density at radius 2 is 1.67 bits per heavy atom. The number of aromatic hydroxyl groups is 1. The quantitative estimate of drug-likeness (QED) is 0.217. The molecule has 12 nitrogen and oxygen atoms in total. The first-order valence-electron chi connectivity index (χ1n) is 12.8. The van der Waals surface area contributed by atoms with Gasteiger partial charge in [-0.3, -0.25) is 19.9 Å². The Hall–Kier alpha value is -4.98. The molecule has 0 spiro atoms. The number of aliphatic carboxylic acids is 1. The van der Waals surface area contributed by atoms with Crippen molar-refractivity contribution in [3.63, 3.8) is 0 Å². The van der Waals surface area contributed by atoms with Gasteiger partial charge in [-0.05, 0) is 43.3 Å². The van der Waals surface area contributed by atoms with Gasteiger partial charge in [0.15, 0.2) is 11.5 Å². The van der Waals surface area contributed by atoms with E-state index in [9.17, 15) is 19.8 Å². The third-order valence-corrected chi connectivity index (χ3v) is 6.71. The van der Waals surface area contributed by atoms with E-state index >= 15 is 8.78 Å². The van der Waals surface area contributed by atoms with Crippen molar-refractivity contribution in [1.29, 1.82) is 5.41 Å². The van der Waals surface area contributed by atoms with Crippen molar-refractivity contribution in [2.45, 2.75) is 13.0 Å². The Balaban J connectivity index is 1.76. The van der Waals surface area contributed by atoms with E-state index < -0.39 is 46.8 Å². The van der Waals surface area contributed by atoms with Crippen LogP contribution in [-0.4, -0.2) is 89.0 Å². The second-order valence-corrected chi connectivity index (χ2v) is 9.76. The first kappa shape index (κ1) is 30.0. The second kappa shape index (κ2) is 12.3. The number of amidine groups is 1. The lowest BCUT2D eigenvalue weighted by atomic mass is 10.2. The van der Waals surface area contributed by atoms with Crippen LogP contribution in [0.25, 0.3) is 0 Å². The summed E-state index contributed by atoms with van der Waals surface area (Å²) in [5, 5.41) is 27.3. The molecule has 1 fully saturated rings. The van der Waals surface area contributed by atoms with Crippen LogP contribution in [0.2, 0.25) is 0 Å². The number of carboxylic acids is 1. The lowest BCUT2D eigenvalue weighted by Crippen LogP contribution is -2.52. The number of nitrogens with two attached hydrogens (primary N) is 1. The van der Waals surface area contributed by atoms with Crippen molar-refractivity contribution in [2.75, 3.05) is 45.2 Å². The molecule has 0 radical (unpaired) electrons. The Morgan fingerprint density at radius 3 is 2.26 bits per heavy atom. The molecule has 222 valence electrons. The molecule has 1 aromatic heterocycles. The van der Waals surface area contributed by atoms with E-state index in [1.54, 1.807) is 25.1 Å². The summed E-state index contributed by atoms with van der Waals surface area (Å²) in [5.74, 6) is -6.09. The number of aromatic nitrogens is 1. The SMILES string of the molecule is CC(C(=O)O)N1CCN(c2c(F)c(Oc3cccc(C(=O)N(C)C)c3)nc(Oc3cc(C(=N)N)ccc3O)c2F)CC1. The van der Waals surface area contributed by atoms with Crippen molar-refractivity contribution < 1.29 is 38.1 Å². The third kappa shape index (κ3) is 6.33. The van der Waals surface area contributed by atoms with Crippen molar-refractivity contribution in [2.24, 2.45) is 5.73 Å². The molecule has 1 unspecified atom stereocenters. The molecule has 0 bridgehead atoms. The van der Waals surface area contributed by atoms with Crippen molar-refractivity contribution in [1.82, 2.24) is 14.8 Å². The molecule has 14 heteroatoms. The van der Waals surface area contributed by atoms with Crippen LogP contribution in [0.3, 0.4) is 0 Å². The summed E-state index contributed by atoms with van der Waals surface area (Å²) in [4.78, 5) is 32.1. The van der Waals surface area contributed by atoms with Gasteiger partial charge in [-0.2, -0.15) is 13.8 Å². The fourth-order valence-electron chi connectivity index (χ4n) is 4.32. The van der Waals surface area contributed by atoms with Gasteiger partial charge < -0.3 is 35.2 Å². The summed E-state index contributed by atoms with van der Waals surface area (Å²) in [6, 6.07) is 8.88. The molecule has 1 amide bonds. The number of nitrogen functional groups attached to an aromatic ring is 1. The van der Waals surface area contributed by atoms with E-state index in [2.05, 4.69) is 4.98 Å². The number of carbonyl (C=O) groups excluding carboxylic acids is 1. The number of pyridine rings is 1. The van der Waals surface area contributed by atoms with Crippen molar-refractivity contribution in [3.05, 3.63) is 65.2 Å². The molecule has 1 aliphatic rings. The third-order valence-electron chi connectivity index (χ3n) is 6.71.